The molecule has 0 atom stereocenters. The molecule has 21 heavy (non-hydrogen) atoms. The van der Waals surface area contributed by atoms with Gasteiger partial charge in [-0.05, 0) is 51.5 Å². The molecule has 7 heteroatoms. The second-order valence-corrected chi connectivity index (χ2v) is 8.76. The van der Waals surface area contributed by atoms with Crippen molar-refractivity contribution in [1.82, 2.24) is 5.32 Å². The summed E-state index contributed by atoms with van der Waals surface area (Å²) in [5.41, 5.74) is 0.968. The number of hydrogen-bond donors (Lipinski definition) is 1. The SMILES string of the molecule is Cc1cc(N(CC(=O)NC(C)(C)C)S(C)(=O)=O)ccc1Br. The van der Waals surface area contributed by atoms with Crippen LogP contribution in [-0.4, -0.2) is 32.7 Å². The fraction of sp³-hybridized carbons (Fsp3) is 0.500. The van der Waals surface area contributed by atoms with E-state index in [1.807, 2.05) is 27.7 Å². The van der Waals surface area contributed by atoms with E-state index in [1.54, 1.807) is 18.2 Å². The highest BCUT2D eigenvalue weighted by Crippen LogP contribution is 2.24. The first kappa shape index (κ1) is 18.0. The van der Waals surface area contributed by atoms with Crippen molar-refractivity contribution in [1.29, 1.82) is 0 Å². The van der Waals surface area contributed by atoms with E-state index >= 15 is 0 Å². The van der Waals surface area contributed by atoms with Crippen molar-refractivity contribution >= 4 is 37.5 Å². The number of nitrogens with one attached hydrogen (secondary N) is 1. The zero-order valence-corrected chi connectivity index (χ0v) is 15.3. The van der Waals surface area contributed by atoms with Gasteiger partial charge in [-0.15, -0.1) is 0 Å². The van der Waals surface area contributed by atoms with Crippen LogP contribution in [0.3, 0.4) is 0 Å². The quantitative estimate of drug-likeness (QED) is 0.877. The highest BCUT2D eigenvalue weighted by molar-refractivity contribution is 9.10. The number of sulfonamides is 1. The molecule has 0 aliphatic heterocycles. The number of amides is 1. The average Bonchev–Trinajstić information content (AvgIpc) is 2.26. The van der Waals surface area contributed by atoms with Crippen molar-refractivity contribution in [2.24, 2.45) is 0 Å². The molecule has 0 saturated heterocycles. The Kier molecular flexibility index (Phi) is 5.44. The topological polar surface area (TPSA) is 66.5 Å². The second kappa shape index (κ2) is 6.36. The van der Waals surface area contributed by atoms with E-state index in [1.165, 1.54) is 0 Å². The van der Waals surface area contributed by atoms with E-state index in [-0.39, 0.29) is 12.5 Å². The van der Waals surface area contributed by atoms with Gasteiger partial charge in [0, 0.05) is 10.0 Å². The van der Waals surface area contributed by atoms with Gasteiger partial charge in [-0.2, -0.15) is 0 Å². The summed E-state index contributed by atoms with van der Waals surface area (Å²) in [7, 11) is -3.54. The Morgan fingerprint density at radius 2 is 1.90 bits per heavy atom. The Balaban J connectivity index is 3.08. The summed E-state index contributed by atoms with van der Waals surface area (Å²) in [6.45, 7) is 7.17. The maximum absolute atomic E-state index is 12.0. The van der Waals surface area contributed by atoms with Crippen molar-refractivity contribution in [3.8, 4) is 0 Å². The molecule has 1 aromatic rings. The number of nitrogens with zero attached hydrogens (tertiary/aromatic N) is 1. The van der Waals surface area contributed by atoms with E-state index < -0.39 is 15.6 Å². The molecule has 1 rings (SSSR count). The van der Waals surface area contributed by atoms with Crippen molar-refractivity contribution < 1.29 is 13.2 Å². The molecular weight excluding hydrogens is 356 g/mol. The van der Waals surface area contributed by atoms with Crippen LogP contribution in [0.15, 0.2) is 22.7 Å². The molecule has 1 N–H and O–H groups in total. The van der Waals surface area contributed by atoms with Gasteiger partial charge < -0.3 is 5.32 Å². The zero-order chi connectivity index (χ0) is 16.4. The molecule has 5 nitrogen and oxygen atoms in total. The summed E-state index contributed by atoms with van der Waals surface area (Å²) in [4.78, 5) is 12.0. The minimum absolute atomic E-state index is 0.239. The molecule has 1 amide bonds. The summed E-state index contributed by atoms with van der Waals surface area (Å²) in [5.74, 6) is -0.339. The first-order chi connectivity index (χ1) is 9.40. The normalized spacial score (nSPS) is 12.1. The fourth-order valence-corrected chi connectivity index (χ4v) is 2.87. The van der Waals surface area contributed by atoms with Gasteiger partial charge in [-0.3, -0.25) is 9.10 Å². The third kappa shape index (κ3) is 5.67. The van der Waals surface area contributed by atoms with Crippen LogP contribution >= 0.6 is 15.9 Å². The van der Waals surface area contributed by atoms with E-state index in [4.69, 9.17) is 0 Å². The van der Waals surface area contributed by atoms with Gasteiger partial charge in [-0.1, -0.05) is 15.9 Å². The van der Waals surface area contributed by atoms with Crippen LogP contribution in [0, 0.1) is 6.92 Å². The van der Waals surface area contributed by atoms with Gasteiger partial charge in [0.15, 0.2) is 0 Å². The summed E-state index contributed by atoms with van der Waals surface area (Å²) in [6.07, 6.45) is 1.09. The summed E-state index contributed by atoms with van der Waals surface area (Å²) in [6, 6.07) is 5.17. The Hall–Kier alpha value is -1.08. The zero-order valence-electron chi connectivity index (χ0n) is 12.9. The average molecular weight is 377 g/mol. The lowest BCUT2D eigenvalue weighted by atomic mass is 10.1. The van der Waals surface area contributed by atoms with Crippen LogP contribution in [0.25, 0.3) is 0 Å². The number of aryl methyl sites for hydroxylation is 1. The van der Waals surface area contributed by atoms with Crippen LogP contribution in [-0.2, 0) is 14.8 Å². The van der Waals surface area contributed by atoms with Crippen molar-refractivity contribution in [3.63, 3.8) is 0 Å². The molecule has 118 valence electrons. The Bertz CT molecular complexity index is 636. The van der Waals surface area contributed by atoms with Gasteiger partial charge in [0.1, 0.15) is 6.54 Å². The molecule has 1 aromatic carbocycles. The van der Waals surface area contributed by atoms with Crippen molar-refractivity contribution in [3.05, 3.63) is 28.2 Å². The van der Waals surface area contributed by atoms with Crippen molar-refractivity contribution in [2.75, 3.05) is 17.1 Å². The summed E-state index contributed by atoms with van der Waals surface area (Å²) < 4.78 is 25.9. The second-order valence-electron chi connectivity index (χ2n) is 6.00. The molecule has 0 radical (unpaired) electrons. The fourth-order valence-electron chi connectivity index (χ4n) is 1.77. The lowest BCUT2D eigenvalue weighted by molar-refractivity contribution is -0.121. The van der Waals surface area contributed by atoms with Crippen LogP contribution in [0.1, 0.15) is 26.3 Å². The predicted molar refractivity (Wildman–Crippen MR) is 89.0 cm³/mol. The molecule has 0 bridgehead atoms. The standard InChI is InChI=1S/C14H21BrN2O3S/c1-10-8-11(6-7-12(10)15)17(21(5,19)20)9-13(18)16-14(2,3)4/h6-8H,9H2,1-5H3,(H,16,18). The molecule has 0 aliphatic rings. The van der Waals surface area contributed by atoms with E-state index in [0.29, 0.717) is 5.69 Å². The molecule has 0 aliphatic carbocycles. The number of anilines is 1. The van der Waals surface area contributed by atoms with Crippen LogP contribution in [0.2, 0.25) is 0 Å². The molecule has 0 aromatic heterocycles. The number of carbonyl (C=O) groups is 1. The highest BCUT2D eigenvalue weighted by Gasteiger charge is 2.23. The predicted octanol–water partition coefficient (Wildman–Crippen LogP) is 2.44. The highest BCUT2D eigenvalue weighted by atomic mass is 79.9. The lowest BCUT2D eigenvalue weighted by Gasteiger charge is -2.26. The minimum Gasteiger partial charge on any atom is -0.350 e. The third-order valence-corrected chi connectivity index (χ3v) is 4.66. The number of rotatable bonds is 4. The first-order valence-electron chi connectivity index (χ1n) is 6.45. The molecule has 0 unspecified atom stereocenters. The third-order valence-electron chi connectivity index (χ3n) is 2.63. The Morgan fingerprint density at radius 1 is 1.33 bits per heavy atom. The van der Waals surface area contributed by atoms with Gasteiger partial charge in [-0.25, -0.2) is 8.42 Å². The maximum atomic E-state index is 12.0. The molecule has 0 spiro atoms. The number of benzene rings is 1. The van der Waals surface area contributed by atoms with Crippen LogP contribution in [0.4, 0.5) is 5.69 Å². The number of halogens is 1. The largest absolute Gasteiger partial charge is 0.350 e. The first-order valence-corrected chi connectivity index (χ1v) is 9.09. The molecule has 0 fully saturated rings. The Labute approximate surface area is 134 Å². The minimum atomic E-state index is -3.54. The van der Waals surface area contributed by atoms with Crippen molar-refractivity contribution in [2.45, 2.75) is 33.2 Å². The summed E-state index contributed by atoms with van der Waals surface area (Å²) >= 11 is 3.37. The Morgan fingerprint density at radius 3 is 2.33 bits per heavy atom. The molecule has 0 heterocycles. The van der Waals surface area contributed by atoms with Crippen LogP contribution < -0.4 is 9.62 Å². The van der Waals surface area contributed by atoms with E-state index in [0.717, 1.165) is 20.6 Å². The van der Waals surface area contributed by atoms with Gasteiger partial charge in [0.2, 0.25) is 15.9 Å². The molecule has 0 saturated carbocycles. The van der Waals surface area contributed by atoms with E-state index in [9.17, 15) is 13.2 Å². The summed E-state index contributed by atoms with van der Waals surface area (Å²) in [5, 5.41) is 2.76. The van der Waals surface area contributed by atoms with Gasteiger partial charge in [0.25, 0.3) is 0 Å². The lowest BCUT2D eigenvalue weighted by Crippen LogP contribution is -2.47. The monoisotopic (exact) mass is 376 g/mol. The van der Waals surface area contributed by atoms with Gasteiger partial charge >= 0.3 is 0 Å². The number of carbonyl (C=O) groups excluding carboxylic acids is 1. The van der Waals surface area contributed by atoms with E-state index in [2.05, 4.69) is 21.2 Å². The van der Waals surface area contributed by atoms with Crippen LogP contribution in [0.5, 0.6) is 0 Å². The van der Waals surface area contributed by atoms with Gasteiger partial charge in [0.05, 0.1) is 11.9 Å². The number of hydrogen-bond acceptors (Lipinski definition) is 3. The smallest absolute Gasteiger partial charge is 0.241 e. The molecular formula is C14H21BrN2O3S. The maximum Gasteiger partial charge on any atom is 0.241 e.